The number of fused-ring (bicyclic) bond motifs is 2. The lowest BCUT2D eigenvalue weighted by Gasteiger charge is -2.23. The van der Waals surface area contributed by atoms with Gasteiger partial charge in [0.15, 0.2) is 5.82 Å². The van der Waals surface area contributed by atoms with Crippen molar-refractivity contribution < 1.29 is 0 Å². The topological polar surface area (TPSA) is 58.0 Å². The van der Waals surface area contributed by atoms with E-state index in [-0.39, 0.29) is 0 Å². The summed E-state index contributed by atoms with van der Waals surface area (Å²) in [5.41, 5.74) is 1.02. The van der Waals surface area contributed by atoms with Crippen molar-refractivity contribution >= 4 is 22.4 Å². The Labute approximate surface area is 146 Å². The summed E-state index contributed by atoms with van der Waals surface area (Å²) in [5.74, 6) is 3.38. The van der Waals surface area contributed by atoms with Crippen LogP contribution in [0.1, 0.15) is 5.69 Å². The van der Waals surface area contributed by atoms with Gasteiger partial charge in [-0.3, -0.25) is 0 Å². The third-order valence-corrected chi connectivity index (χ3v) is 5.45. The van der Waals surface area contributed by atoms with Crippen LogP contribution < -0.4 is 9.80 Å². The molecule has 3 aromatic rings. The molecule has 2 fully saturated rings. The zero-order valence-electron chi connectivity index (χ0n) is 14.2. The molecule has 2 aliphatic rings. The molecule has 2 aromatic heterocycles. The van der Waals surface area contributed by atoms with E-state index in [1.165, 1.54) is 5.39 Å². The maximum Gasteiger partial charge on any atom is 0.159 e. The summed E-state index contributed by atoms with van der Waals surface area (Å²) >= 11 is 0. The molecule has 2 unspecified atom stereocenters. The Balaban J connectivity index is 1.37. The summed E-state index contributed by atoms with van der Waals surface area (Å²) in [6, 6.07) is 10.4. The van der Waals surface area contributed by atoms with E-state index in [9.17, 15) is 0 Å². The molecular formula is C19H20N6. The van der Waals surface area contributed by atoms with E-state index >= 15 is 0 Å². The first kappa shape index (κ1) is 14.6. The molecule has 25 heavy (non-hydrogen) atoms. The van der Waals surface area contributed by atoms with Crippen molar-refractivity contribution in [3.05, 3.63) is 48.5 Å². The highest BCUT2D eigenvalue weighted by molar-refractivity contribution is 5.91. The molecule has 2 aliphatic heterocycles. The summed E-state index contributed by atoms with van der Waals surface area (Å²) in [6.07, 6.45) is 3.51. The molecule has 6 nitrogen and oxygen atoms in total. The van der Waals surface area contributed by atoms with Gasteiger partial charge in [-0.15, -0.1) is 5.10 Å². The second-order valence-electron chi connectivity index (χ2n) is 7.10. The van der Waals surface area contributed by atoms with Crippen LogP contribution in [0.3, 0.4) is 0 Å². The number of anilines is 2. The third-order valence-electron chi connectivity index (χ3n) is 5.45. The summed E-state index contributed by atoms with van der Waals surface area (Å²) < 4.78 is 0. The maximum atomic E-state index is 4.45. The fraction of sp³-hybridized carbons (Fsp3) is 0.368. The van der Waals surface area contributed by atoms with Gasteiger partial charge in [0.1, 0.15) is 12.1 Å². The monoisotopic (exact) mass is 332 g/mol. The van der Waals surface area contributed by atoms with Gasteiger partial charge in [0.2, 0.25) is 0 Å². The average Bonchev–Trinajstić information content (AvgIpc) is 3.20. The first-order valence-electron chi connectivity index (χ1n) is 8.77. The molecule has 4 heterocycles. The van der Waals surface area contributed by atoms with Crippen molar-refractivity contribution in [1.29, 1.82) is 0 Å². The minimum absolute atomic E-state index is 0.649. The van der Waals surface area contributed by atoms with Crippen LogP contribution in [0.15, 0.2) is 42.9 Å². The molecule has 0 saturated carbocycles. The molecule has 0 amide bonds. The molecule has 6 heteroatoms. The molecule has 0 radical (unpaired) electrons. The smallest absolute Gasteiger partial charge is 0.159 e. The van der Waals surface area contributed by atoms with E-state index in [1.54, 1.807) is 6.33 Å². The summed E-state index contributed by atoms with van der Waals surface area (Å²) in [5, 5.41) is 11.0. The summed E-state index contributed by atoms with van der Waals surface area (Å²) in [7, 11) is 0. The van der Waals surface area contributed by atoms with Crippen LogP contribution in [-0.4, -0.2) is 46.3 Å². The molecule has 1 aromatic carbocycles. The lowest BCUT2D eigenvalue weighted by Crippen LogP contribution is -2.30. The molecule has 5 rings (SSSR count). The number of aromatic nitrogens is 4. The van der Waals surface area contributed by atoms with Gasteiger partial charge in [-0.2, -0.15) is 5.10 Å². The highest BCUT2D eigenvalue weighted by atomic mass is 15.3. The standard InChI is InChI=1S/C19H20N6/c1-13-6-18(21-12-20-13)24-8-15-10-25(11-16(15)9-24)19-17-5-3-2-4-14(17)7-22-23-19/h2-7,12,15-16H,8-11H2,1H3. The predicted molar refractivity (Wildman–Crippen MR) is 97.7 cm³/mol. The van der Waals surface area contributed by atoms with E-state index in [1.807, 2.05) is 19.2 Å². The normalized spacial score (nSPS) is 22.6. The number of rotatable bonds is 2. The average molecular weight is 332 g/mol. The van der Waals surface area contributed by atoms with Gasteiger partial charge < -0.3 is 9.80 Å². The van der Waals surface area contributed by atoms with E-state index in [0.29, 0.717) is 11.8 Å². The van der Waals surface area contributed by atoms with E-state index in [4.69, 9.17) is 0 Å². The molecule has 0 bridgehead atoms. The Kier molecular flexibility index (Phi) is 3.29. The Hall–Kier alpha value is -2.76. The van der Waals surface area contributed by atoms with Crippen molar-refractivity contribution in [1.82, 2.24) is 20.2 Å². The first-order chi connectivity index (χ1) is 12.3. The molecule has 0 spiro atoms. The fourth-order valence-corrected chi connectivity index (χ4v) is 4.21. The maximum absolute atomic E-state index is 4.45. The summed E-state index contributed by atoms with van der Waals surface area (Å²) in [6.45, 7) is 6.19. The lowest BCUT2D eigenvalue weighted by atomic mass is 10.0. The second kappa shape index (κ2) is 5.65. The van der Waals surface area contributed by atoms with Crippen molar-refractivity contribution in [2.45, 2.75) is 6.92 Å². The highest BCUT2D eigenvalue weighted by Gasteiger charge is 2.41. The van der Waals surface area contributed by atoms with Crippen LogP contribution in [0.5, 0.6) is 0 Å². The molecule has 2 atom stereocenters. The SMILES string of the molecule is Cc1cc(N2CC3CN(c4nncc5ccccc45)CC3C2)ncn1. The Morgan fingerprint density at radius 1 is 0.960 bits per heavy atom. The number of hydrogen-bond acceptors (Lipinski definition) is 6. The van der Waals surface area contributed by atoms with Gasteiger partial charge >= 0.3 is 0 Å². The van der Waals surface area contributed by atoms with Gasteiger partial charge in [-0.1, -0.05) is 24.3 Å². The molecule has 0 aliphatic carbocycles. The Morgan fingerprint density at radius 3 is 2.52 bits per heavy atom. The number of hydrogen-bond donors (Lipinski definition) is 0. The van der Waals surface area contributed by atoms with Crippen molar-refractivity contribution in [3.8, 4) is 0 Å². The zero-order chi connectivity index (χ0) is 16.8. The van der Waals surface area contributed by atoms with Crippen LogP contribution in [0.25, 0.3) is 10.8 Å². The van der Waals surface area contributed by atoms with Gasteiger partial charge in [0.25, 0.3) is 0 Å². The zero-order valence-corrected chi connectivity index (χ0v) is 14.2. The van der Waals surface area contributed by atoms with Crippen molar-refractivity contribution in [2.24, 2.45) is 11.8 Å². The Morgan fingerprint density at radius 2 is 1.72 bits per heavy atom. The van der Waals surface area contributed by atoms with Crippen LogP contribution >= 0.6 is 0 Å². The lowest BCUT2D eigenvalue weighted by molar-refractivity contribution is 0.533. The van der Waals surface area contributed by atoms with Gasteiger partial charge in [0, 0.05) is 60.5 Å². The van der Waals surface area contributed by atoms with Gasteiger partial charge in [-0.05, 0) is 6.92 Å². The van der Waals surface area contributed by atoms with Gasteiger partial charge in [0.05, 0.1) is 6.20 Å². The number of nitrogens with zero attached hydrogens (tertiary/aromatic N) is 6. The fourth-order valence-electron chi connectivity index (χ4n) is 4.21. The van der Waals surface area contributed by atoms with E-state index < -0.39 is 0 Å². The second-order valence-corrected chi connectivity index (χ2v) is 7.10. The van der Waals surface area contributed by atoms with Crippen molar-refractivity contribution in [3.63, 3.8) is 0 Å². The van der Waals surface area contributed by atoms with Crippen LogP contribution in [-0.2, 0) is 0 Å². The van der Waals surface area contributed by atoms with Crippen molar-refractivity contribution in [2.75, 3.05) is 36.0 Å². The minimum Gasteiger partial charge on any atom is -0.356 e. The minimum atomic E-state index is 0.649. The first-order valence-corrected chi connectivity index (χ1v) is 8.77. The number of aryl methyl sites for hydroxylation is 1. The molecule has 0 N–H and O–H groups in total. The van der Waals surface area contributed by atoms with E-state index in [0.717, 1.165) is 48.9 Å². The third kappa shape index (κ3) is 2.49. The van der Waals surface area contributed by atoms with Gasteiger partial charge in [-0.25, -0.2) is 9.97 Å². The molecule has 126 valence electrons. The van der Waals surface area contributed by atoms with Crippen LogP contribution in [0, 0.1) is 18.8 Å². The summed E-state index contributed by atoms with van der Waals surface area (Å²) in [4.78, 5) is 13.5. The number of benzene rings is 1. The quantitative estimate of drug-likeness (QED) is 0.718. The molecular weight excluding hydrogens is 312 g/mol. The molecule has 2 saturated heterocycles. The van der Waals surface area contributed by atoms with E-state index in [2.05, 4.69) is 54.2 Å². The van der Waals surface area contributed by atoms with Crippen LogP contribution in [0.2, 0.25) is 0 Å². The highest BCUT2D eigenvalue weighted by Crippen LogP contribution is 2.36. The Bertz CT molecular complexity index is 907. The predicted octanol–water partition coefficient (Wildman–Crippen LogP) is 2.30. The largest absolute Gasteiger partial charge is 0.356 e. The van der Waals surface area contributed by atoms with Crippen LogP contribution in [0.4, 0.5) is 11.6 Å².